The number of β-amino-alcohol motifs (C(OH)–C–C–N with tert-alkyl or cyclic N) is 1. The van der Waals surface area contributed by atoms with E-state index in [1.165, 1.54) is 0 Å². The Bertz CT molecular complexity index is 528. The number of likely N-dealkylation sites (tertiary alicyclic amines) is 1. The number of anilines is 1. The highest BCUT2D eigenvalue weighted by atomic mass is 16.3. The summed E-state index contributed by atoms with van der Waals surface area (Å²) in [6.07, 6.45) is 6.19. The molecular weight excluding hydrogens is 254 g/mol. The van der Waals surface area contributed by atoms with Crippen LogP contribution in [0.25, 0.3) is 0 Å². The number of amides is 1. The molecule has 5 nitrogen and oxygen atoms in total. The molecule has 2 aliphatic rings. The summed E-state index contributed by atoms with van der Waals surface area (Å²) in [6, 6.07) is 1.84. The molecule has 2 heterocycles. The summed E-state index contributed by atoms with van der Waals surface area (Å²) in [7, 11) is 3.83. The third-order valence-electron chi connectivity index (χ3n) is 4.41. The van der Waals surface area contributed by atoms with Crippen molar-refractivity contribution < 1.29 is 9.90 Å². The van der Waals surface area contributed by atoms with Gasteiger partial charge in [0.25, 0.3) is 5.91 Å². The van der Waals surface area contributed by atoms with E-state index in [1.54, 1.807) is 17.3 Å². The van der Waals surface area contributed by atoms with Gasteiger partial charge in [-0.1, -0.05) is 0 Å². The van der Waals surface area contributed by atoms with E-state index in [1.807, 2.05) is 25.1 Å². The molecule has 1 N–H and O–H groups in total. The van der Waals surface area contributed by atoms with E-state index in [0.717, 1.165) is 18.5 Å². The summed E-state index contributed by atoms with van der Waals surface area (Å²) < 4.78 is 0. The quantitative estimate of drug-likeness (QED) is 0.898. The van der Waals surface area contributed by atoms with Gasteiger partial charge in [-0.25, -0.2) is 0 Å². The number of nitrogens with zero attached hydrogens (tertiary/aromatic N) is 3. The van der Waals surface area contributed by atoms with Crippen molar-refractivity contribution in [2.45, 2.75) is 24.9 Å². The maximum atomic E-state index is 12.7. The molecule has 1 unspecified atom stereocenters. The first kappa shape index (κ1) is 13.4. The first-order valence-electron chi connectivity index (χ1n) is 7.14. The lowest BCUT2D eigenvalue weighted by molar-refractivity contribution is 0.0257. The fourth-order valence-electron chi connectivity index (χ4n) is 3.06. The maximum absolute atomic E-state index is 12.7. The van der Waals surface area contributed by atoms with Crippen LogP contribution in [0.3, 0.4) is 0 Å². The van der Waals surface area contributed by atoms with Crippen molar-refractivity contribution in [2.24, 2.45) is 5.92 Å². The number of carbonyl (C=O) groups excluding carboxylic acids is 1. The van der Waals surface area contributed by atoms with Gasteiger partial charge in [0.05, 0.1) is 23.4 Å². The van der Waals surface area contributed by atoms with Gasteiger partial charge in [-0.2, -0.15) is 0 Å². The zero-order valence-corrected chi connectivity index (χ0v) is 12.0. The topological polar surface area (TPSA) is 56.7 Å². The van der Waals surface area contributed by atoms with Gasteiger partial charge in [-0.3, -0.25) is 9.78 Å². The van der Waals surface area contributed by atoms with Crippen molar-refractivity contribution in [3.05, 3.63) is 24.0 Å². The molecule has 108 valence electrons. The summed E-state index contributed by atoms with van der Waals surface area (Å²) in [5.41, 5.74) is 0.820. The molecule has 5 heteroatoms. The Hall–Kier alpha value is -1.62. The minimum Gasteiger partial charge on any atom is -0.388 e. The third kappa shape index (κ3) is 2.26. The smallest absolute Gasteiger partial charge is 0.257 e. The highest BCUT2D eigenvalue weighted by molar-refractivity contribution is 5.99. The summed E-state index contributed by atoms with van der Waals surface area (Å²) in [5, 5.41) is 10.6. The normalized spacial score (nSPS) is 25.9. The monoisotopic (exact) mass is 275 g/mol. The molecule has 0 spiro atoms. The Labute approximate surface area is 119 Å². The predicted octanol–water partition coefficient (Wildman–Crippen LogP) is 1.13. The van der Waals surface area contributed by atoms with Crippen molar-refractivity contribution in [1.82, 2.24) is 9.88 Å². The molecule has 1 aliphatic heterocycles. The molecule has 1 atom stereocenters. The Morgan fingerprint density at radius 3 is 2.90 bits per heavy atom. The van der Waals surface area contributed by atoms with E-state index < -0.39 is 5.60 Å². The largest absolute Gasteiger partial charge is 0.388 e. The Morgan fingerprint density at radius 1 is 1.50 bits per heavy atom. The summed E-state index contributed by atoms with van der Waals surface area (Å²) in [6.45, 7) is 1.09. The lowest BCUT2D eigenvalue weighted by atomic mass is 9.97. The summed E-state index contributed by atoms with van der Waals surface area (Å²) in [5.74, 6) is 0.362. The Kier molecular flexibility index (Phi) is 3.17. The van der Waals surface area contributed by atoms with Crippen LogP contribution in [0.15, 0.2) is 18.5 Å². The summed E-state index contributed by atoms with van der Waals surface area (Å²) in [4.78, 5) is 20.4. The van der Waals surface area contributed by atoms with Crippen molar-refractivity contribution in [2.75, 3.05) is 32.1 Å². The van der Waals surface area contributed by atoms with Crippen LogP contribution in [0.4, 0.5) is 5.69 Å². The van der Waals surface area contributed by atoms with Gasteiger partial charge in [0.15, 0.2) is 0 Å². The van der Waals surface area contributed by atoms with Gasteiger partial charge < -0.3 is 14.9 Å². The second-order valence-electron chi connectivity index (χ2n) is 6.14. The van der Waals surface area contributed by atoms with E-state index in [4.69, 9.17) is 0 Å². The summed E-state index contributed by atoms with van der Waals surface area (Å²) >= 11 is 0. The Balaban J connectivity index is 1.80. The van der Waals surface area contributed by atoms with Crippen molar-refractivity contribution in [1.29, 1.82) is 0 Å². The number of aromatic nitrogens is 1. The van der Waals surface area contributed by atoms with Gasteiger partial charge in [0.1, 0.15) is 0 Å². The van der Waals surface area contributed by atoms with E-state index in [9.17, 15) is 9.90 Å². The molecule has 1 saturated heterocycles. The molecule has 1 amide bonds. The highest BCUT2D eigenvalue weighted by Crippen LogP contribution is 2.44. The van der Waals surface area contributed by atoms with Crippen molar-refractivity contribution in [3.8, 4) is 0 Å². The van der Waals surface area contributed by atoms with Crippen molar-refractivity contribution in [3.63, 3.8) is 0 Å². The predicted molar refractivity (Wildman–Crippen MR) is 76.8 cm³/mol. The van der Waals surface area contributed by atoms with Gasteiger partial charge in [-0.05, 0) is 31.2 Å². The molecule has 1 aliphatic carbocycles. The fraction of sp³-hybridized carbons (Fsp3) is 0.600. The average molecular weight is 275 g/mol. The first-order chi connectivity index (χ1) is 9.51. The number of pyridine rings is 1. The molecule has 1 saturated carbocycles. The second-order valence-corrected chi connectivity index (χ2v) is 6.14. The van der Waals surface area contributed by atoms with E-state index in [0.29, 0.717) is 31.0 Å². The van der Waals surface area contributed by atoms with Crippen molar-refractivity contribution >= 4 is 11.6 Å². The minimum atomic E-state index is -0.657. The number of hydrogen-bond donors (Lipinski definition) is 1. The van der Waals surface area contributed by atoms with Crippen LogP contribution >= 0.6 is 0 Å². The molecule has 0 radical (unpaired) electrons. The zero-order valence-electron chi connectivity index (χ0n) is 12.0. The molecular formula is C15H21N3O2. The molecule has 0 bridgehead atoms. The van der Waals surface area contributed by atoms with Gasteiger partial charge in [0.2, 0.25) is 0 Å². The average Bonchev–Trinajstić information content (AvgIpc) is 3.22. The van der Waals surface area contributed by atoms with Gasteiger partial charge >= 0.3 is 0 Å². The van der Waals surface area contributed by atoms with Crippen LogP contribution in [-0.4, -0.2) is 53.7 Å². The maximum Gasteiger partial charge on any atom is 0.257 e. The minimum absolute atomic E-state index is 0.0293. The zero-order chi connectivity index (χ0) is 14.3. The third-order valence-corrected chi connectivity index (χ3v) is 4.41. The lowest BCUT2D eigenvalue weighted by Crippen LogP contribution is -2.38. The molecule has 2 fully saturated rings. The SMILES string of the molecule is CN(C)c1ccncc1C(=O)N1CCC(O)(C2CC2)C1. The van der Waals surface area contributed by atoms with Crippen LogP contribution in [0.5, 0.6) is 0 Å². The number of rotatable bonds is 3. The molecule has 1 aromatic rings. The highest BCUT2D eigenvalue weighted by Gasteiger charge is 2.49. The van der Waals surface area contributed by atoms with E-state index in [-0.39, 0.29) is 5.91 Å². The van der Waals surface area contributed by atoms with E-state index >= 15 is 0 Å². The molecule has 3 rings (SSSR count). The van der Waals surface area contributed by atoms with Crippen LogP contribution in [0.1, 0.15) is 29.6 Å². The van der Waals surface area contributed by atoms with Gasteiger partial charge in [0, 0.05) is 33.0 Å². The number of carbonyl (C=O) groups is 1. The van der Waals surface area contributed by atoms with Crippen LogP contribution < -0.4 is 4.90 Å². The number of hydrogen-bond acceptors (Lipinski definition) is 4. The van der Waals surface area contributed by atoms with Crippen LogP contribution in [-0.2, 0) is 0 Å². The van der Waals surface area contributed by atoms with E-state index in [2.05, 4.69) is 4.98 Å². The van der Waals surface area contributed by atoms with Crippen LogP contribution in [0.2, 0.25) is 0 Å². The number of aliphatic hydroxyl groups is 1. The lowest BCUT2D eigenvalue weighted by Gasteiger charge is -2.24. The first-order valence-corrected chi connectivity index (χ1v) is 7.14. The fourth-order valence-corrected chi connectivity index (χ4v) is 3.06. The second kappa shape index (κ2) is 4.74. The molecule has 0 aromatic carbocycles. The van der Waals surface area contributed by atoms with Crippen LogP contribution in [0, 0.1) is 5.92 Å². The van der Waals surface area contributed by atoms with Gasteiger partial charge in [-0.15, -0.1) is 0 Å². The molecule has 20 heavy (non-hydrogen) atoms. The Morgan fingerprint density at radius 2 is 2.25 bits per heavy atom. The standard InChI is InChI=1S/C15H21N3O2/c1-17(2)13-5-7-16-9-12(13)14(19)18-8-6-15(20,10-18)11-3-4-11/h5,7,9,11,20H,3-4,6,8,10H2,1-2H3. The molecule has 1 aromatic heterocycles.